The van der Waals surface area contributed by atoms with E-state index in [0.717, 1.165) is 77.0 Å². The fraction of sp³-hybridized carbons (Fsp3) is 0.673. The van der Waals surface area contributed by atoms with Crippen LogP contribution in [0.25, 0.3) is 0 Å². The third-order valence-corrected chi connectivity index (χ3v) is 10.1. The van der Waals surface area contributed by atoms with Gasteiger partial charge in [-0.1, -0.05) is 208 Å². The number of esters is 2. The summed E-state index contributed by atoms with van der Waals surface area (Å²) in [5.41, 5.74) is 0. The van der Waals surface area contributed by atoms with Gasteiger partial charge in [0, 0.05) is 19.4 Å². The maximum Gasteiger partial charge on any atom is 0.306 e. The van der Waals surface area contributed by atoms with Crippen LogP contribution in [-0.2, 0) is 23.8 Å². The highest BCUT2D eigenvalue weighted by Crippen LogP contribution is 2.12. The summed E-state index contributed by atoms with van der Waals surface area (Å²) >= 11 is 0. The molecule has 0 amide bonds. The first-order valence-electron chi connectivity index (χ1n) is 24.8. The Labute approximate surface area is 371 Å². The standard InChI is InChI=1S/C55H92O5/c1-4-7-10-13-16-18-20-22-24-26-28-29-31-33-35-37-40-42-45-48-54(56)59-52-53(60-55(57)49-46-43-39-15-12-9-6-3)51-58-50-47-44-41-38-36-34-32-30-27-25-23-21-19-17-14-11-8-5-2/h7,10,16-19,22-25,28-29,33,35,40,42,53H,4-6,8-9,11-15,20-21,26-27,30-32,34,36-39,41,43-52H2,1-3H3/b10-7-,18-16-,19-17-,24-22-,25-23-,29-28-,35-33-,42-40-. The minimum atomic E-state index is -0.571. The number of hydrogen-bond donors (Lipinski definition) is 0. The SMILES string of the molecule is CC/C=C\C/C=C\C/C=C\C/C=C\C/C=C\C/C=C\CCC(=O)OCC(COCCCCCCCCCC/C=C\C/C=C\CCCCC)OC(=O)CCCCCCCCC. The fourth-order valence-electron chi connectivity index (χ4n) is 6.45. The molecule has 0 aliphatic heterocycles. The molecule has 0 aromatic carbocycles. The van der Waals surface area contributed by atoms with E-state index in [1.165, 1.54) is 96.3 Å². The van der Waals surface area contributed by atoms with Crippen molar-refractivity contribution in [2.45, 2.75) is 219 Å². The van der Waals surface area contributed by atoms with E-state index in [9.17, 15) is 9.59 Å². The van der Waals surface area contributed by atoms with E-state index in [-0.39, 0.29) is 25.2 Å². The minimum absolute atomic E-state index is 0.0390. The average Bonchev–Trinajstić information content (AvgIpc) is 3.25. The first-order valence-corrected chi connectivity index (χ1v) is 24.8. The number of ether oxygens (including phenoxy) is 3. The molecule has 5 nitrogen and oxygen atoms in total. The van der Waals surface area contributed by atoms with Gasteiger partial charge in [-0.2, -0.15) is 0 Å². The largest absolute Gasteiger partial charge is 0.462 e. The zero-order valence-corrected chi connectivity index (χ0v) is 39.2. The van der Waals surface area contributed by atoms with E-state index < -0.39 is 6.10 Å². The van der Waals surface area contributed by atoms with E-state index in [4.69, 9.17) is 14.2 Å². The van der Waals surface area contributed by atoms with Crippen molar-refractivity contribution >= 4 is 11.9 Å². The molecule has 0 aliphatic carbocycles. The second-order valence-electron chi connectivity index (χ2n) is 16.0. The molecule has 5 heteroatoms. The zero-order chi connectivity index (χ0) is 43.5. The minimum Gasteiger partial charge on any atom is -0.462 e. The molecule has 0 rings (SSSR count). The van der Waals surface area contributed by atoms with Gasteiger partial charge in [-0.05, 0) is 89.9 Å². The van der Waals surface area contributed by atoms with E-state index >= 15 is 0 Å². The van der Waals surface area contributed by atoms with E-state index in [0.29, 0.717) is 25.9 Å². The van der Waals surface area contributed by atoms with Crippen molar-refractivity contribution in [3.63, 3.8) is 0 Å². The summed E-state index contributed by atoms with van der Waals surface area (Å²) in [5, 5.41) is 0. The van der Waals surface area contributed by atoms with Crippen molar-refractivity contribution in [3.05, 3.63) is 97.2 Å². The summed E-state index contributed by atoms with van der Waals surface area (Å²) in [5.74, 6) is -0.507. The number of unbranched alkanes of at least 4 members (excludes halogenated alkanes) is 17. The Kier molecular flexibility index (Phi) is 47.5. The van der Waals surface area contributed by atoms with Crippen LogP contribution in [0.1, 0.15) is 213 Å². The Morgan fingerprint density at radius 3 is 1.30 bits per heavy atom. The van der Waals surface area contributed by atoms with Gasteiger partial charge in [0.25, 0.3) is 0 Å². The molecule has 342 valence electrons. The van der Waals surface area contributed by atoms with E-state index in [1.54, 1.807) is 0 Å². The van der Waals surface area contributed by atoms with Gasteiger partial charge < -0.3 is 14.2 Å². The molecule has 0 heterocycles. The summed E-state index contributed by atoms with van der Waals surface area (Å²) in [7, 11) is 0. The predicted molar refractivity (Wildman–Crippen MR) is 260 cm³/mol. The van der Waals surface area contributed by atoms with Crippen LogP contribution < -0.4 is 0 Å². The van der Waals surface area contributed by atoms with Gasteiger partial charge in [0.1, 0.15) is 6.61 Å². The molecule has 0 aromatic rings. The van der Waals surface area contributed by atoms with Crippen LogP contribution in [0.5, 0.6) is 0 Å². The summed E-state index contributed by atoms with van der Waals surface area (Å²) in [6.45, 7) is 7.55. The van der Waals surface area contributed by atoms with Crippen molar-refractivity contribution in [1.29, 1.82) is 0 Å². The Morgan fingerprint density at radius 1 is 0.383 bits per heavy atom. The number of hydrogen-bond acceptors (Lipinski definition) is 5. The highest BCUT2D eigenvalue weighted by molar-refractivity contribution is 5.70. The van der Waals surface area contributed by atoms with Crippen molar-refractivity contribution < 1.29 is 23.8 Å². The second-order valence-corrected chi connectivity index (χ2v) is 16.0. The summed E-state index contributed by atoms with van der Waals surface area (Å²) in [6, 6.07) is 0. The Balaban J connectivity index is 4.26. The number of allylic oxidation sites excluding steroid dienone is 16. The summed E-state index contributed by atoms with van der Waals surface area (Å²) in [4.78, 5) is 25.2. The zero-order valence-electron chi connectivity index (χ0n) is 39.2. The third kappa shape index (κ3) is 47.5. The van der Waals surface area contributed by atoms with Crippen molar-refractivity contribution in [1.82, 2.24) is 0 Å². The lowest BCUT2D eigenvalue weighted by Gasteiger charge is -2.18. The second kappa shape index (κ2) is 50.2. The molecule has 0 N–H and O–H groups in total. The van der Waals surface area contributed by atoms with Gasteiger partial charge in [0.05, 0.1) is 6.61 Å². The van der Waals surface area contributed by atoms with Crippen LogP contribution in [0, 0.1) is 0 Å². The molecule has 0 aromatic heterocycles. The van der Waals surface area contributed by atoms with Crippen LogP contribution in [0.15, 0.2) is 97.2 Å². The monoisotopic (exact) mass is 833 g/mol. The molecule has 0 fully saturated rings. The van der Waals surface area contributed by atoms with E-state index in [1.807, 2.05) is 6.08 Å². The molecule has 0 saturated heterocycles. The molecule has 0 spiro atoms. The van der Waals surface area contributed by atoms with Gasteiger partial charge in [0.15, 0.2) is 6.10 Å². The molecule has 1 unspecified atom stereocenters. The molecule has 0 radical (unpaired) electrons. The van der Waals surface area contributed by atoms with Crippen LogP contribution in [0.3, 0.4) is 0 Å². The quantitative estimate of drug-likeness (QED) is 0.0348. The first kappa shape index (κ1) is 56.8. The maximum atomic E-state index is 12.7. The van der Waals surface area contributed by atoms with Gasteiger partial charge in [-0.3, -0.25) is 9.59 Å². The average molecular weight is 833 g/mol. The Hall–Kier alpha value is -3.18. The van der Waals surface area contributed by atoms with Crippen LogP contribution in [0.2, 0.25) is 0 Å². The number of carbonyl (C=O) groups excluding carboxylic acids is 2. The number of rotatable bonds is 44. The van der Waals surface area contributed by atoms with Crippen molar-refractivity contribution in [2.75, 3.05) is 19.8 Å². The fourth-order valence-corrected chi connectivity index (χ4v) is 6.45. The van der Waals surface area contributed by atoms with Gasteiger partial charge >= 0.3 is 11.9 Å². The third-order valence-electron chi connectivity index (χ3n) is 10.1. The molecule has 60 heavy (non-hydrogen) atoms. The molecular weight excluding hydrogens is 741 g/mol. The lowest BCUT2D eigenvalue weighted by molar-refractivity contribution is -0.162. The molecular formula is C55H92O5. The molecule has 0 saturated carbocycles. The molecule has 0 aliphatic rings. The lowest BCUT2D eigenvalue weighted by Crippen LogP contribution is -2.30. The van der Waals surface area contributed by atoms with E-state index in [2.05, 4.69) is 112 Å². The Bertz CT molecular complexity index is 1170. The van der Waals surface area contributed by atoms with Crippen LogP contribution in [0.4, 0.5) is 0 Å². The smallest absolute Gasteiger partial charge is 0.306 e. The molecule has 1 atom stereocenters. The topological polar surface area (TPSA) is 61.8 Å². The van der Waals surface area contributed by atoms with Crippen molar-refractivity contribution in [2.24, 2.45) is 0 Å². The highest BCUT2D eigenvalue weighted by Gasteiger charge is 2.17. The Morgan fingerprint density at radius 2 is 0.783 bits per heavy atom. The van der Waals surface area contributed by atoms with Crippen molar-refractivity contribution in [3.8, 4) is 0 Å². The van der Waals surface area contributed by atoms with Gasteiger partial charge in [-0.25, -0.2) is 0 Å². The maximum absolute atomic E-state index is 12.7. The normalized spacial score (nSPS) is 13.1. The number of carbonyl (C=O) groups is 2. The highest BCUT2D eigenvalue weighted by atomic mass is 16.6. The van der Waals surface area contributed by atoms with Crippen LogP contribution in [-0.4, -0.2) is 37.9 Å². The van der Waals surface area contributed by atoms with Gasteiger partial charge in [0.2, 0.25) is 0 Å². The van der Waals surface area contributed by atoms with Crippen LogP contribution >= 0.6 is 0 Å². The summed E-state index contributed by atoms with van der Waals surface area (Å²) < 4.78 is 17.2. The lowest BCUT2D eigenvalue weighted by atomic mass is 10.1. The summed E-state index contributed by atoms with van der Waals surface area (Å²) in [6.07, 6.45) is 67.2. The van der Waals surface area contributed by atoms with Gasteiger partial charge in [-0.15, -0.1) is 0 Å². The first-order chi connectivity index (χ1) is 29.6. The molecule has 0 bridgehead atoms. The predicted octanol–water partition coefficient (Wildman–Crippen LogP) is 16.7.